The van der Waals surface area contributed by atoms with Crippen LogP contribution >= 0.6 is 0 Å². The fourth-order valence-electron chi connectivity index (χ4n) is 2.19. The number of aliphatic imine (C=N–C) groups is 1. The summed E-state index contributed by atoms with van der Waals surface area (Å²) in [6, 6.07) is 7.85. The van der Waals surface area contributed by atoms with Gasteiger partial charge in [-0.05, 0) is 51.0 Å². The van der Waals surface area contributed by atoms with Crippen LogP contribution in [0.25, 0.3) is 0 Å². The maximum Gasteiger partial charge on any atom is 0.193 e. The van der Waals surface area contributed by atoms with E-state index in [1.165, 1.54) is 0 Å². The van der Waals surface area contributed by atoms with Crippen molar-refractivity contribution in [3.63, 3.8) is 0 Å². The molecule has 1 aliphatic rings. The summed E-state index contributed by atoms with van der Waals surface area (Å²) in [5.41, 5.74) is 6.80. The lowest BCUT2D eigenvalue weighted by molar-refractivity contribution is -0.0428. The molecule has 20 heavy (non-hydrogen) atoms. The van der Waals surface area contributed by atoms with Crippen LogP contribution in [-0.4, -0.2) is 31.3 Å². The predicted octanol–water partition coefficient (Wildman–Crippen LogP) is 2.38. The predicted molar refractivity (Wildman–Crippen MR) is 81.3 cm³/mol. The lowest BCUT2D eigenvalue weighted by atomic mass is 9.90. The zero-order valence-electron chi connectivity index (χ0n) is 12.3. The van der Waals surface area contributed by atoms with Gasteiger partial charge in [-0.2, -0.15) is 0 Å². The van der Waals surface area contributed by atoms with Crippen molar-refractivity contribution >= 4 is 11.6 Å². The minimum Gasteiger partial charge on any atom is -0.497 e. The number of ether oxygens (including phenoxy) is 2. The monoisotopic (exact) mass is 277 g/mol. The van der Waals surface area contributed by atoms with Gasteiger partial charge in [0, 0.05) is 5.69 Å². The van der Waals surface area contributed by atoms with Gasteiger partial charge < -0.3 is 20.5 Å². The van der Waals surface area contributed by atoms with Crippen molar-refractivity contribution in [2.45, 2.75) is 44.9 Å². The maximum absolute atomic E-state index is 5.90. The number of anilines is 1. The highest BCUT2D eigenvalue weighted by Crippen LogP contribution is 2.27. The molecule has 1 aromatic carbocycles. The number of hydrogen-bond acceptors (Lipinski definition) is 3. The second-order valence-electron chi connectivity index (χ2n) is 5.30. The first-order valence-electron chi connectivity index (χ1n) is 6.96. The third-order valence-corrected chi connectivity index (χ3v) is 3.22. The molecule has 110 valence electrons. The number of hydrogen-bond donors (Lipinski definition) is 2. The van der Waals surface area contributed by atoms with E-state index in [2.05, 4.69) is 24.2 Å². The largest absolute Gasteiger partial charge is 0.497 e. The topological polar surface area (TPSA) is 68.9 Å². The van der Waals surface area contributed by atoms with E-state index in [1.807, 2.05) is 24.3 Å². The van der Waals surface area contributed by atoms with Crippen molar-refractivity contribution in [1.29, 1.82) is 0 Å². The van der Waals surface area contributed by atoms with Crippen LogP contribution in [0.15, 0.2) is 29.3 Å². The Hall–Kier alpha value is -1.75. The van der Waals surface area contributed by atoms with Gasteiger partial charge in [0.1, 0.15) is 5.75 Å². The molecule has 0 atom stereocenters. The number of guanidine groups is 1. The zero-order chi connectivity index (χ0) is 14.5. The Morgan fingerprint density at radius 2 is 1.95 bits per heavy atom. The molecule has 0 heterocycles. The van der Waals surface area contributed by atoms with Gasteiger partial charge in [0.25, 0.3) is 0 Å². The van der Waals surface area contributed by atoms with Crippen LogP contribution in [0.4, 0.5) is 5.69 Å². The third-order valence-electron chi connectivity index (χ3n) is 3.22. The molecule has 5 nitrogen and oxygen atoms in total. The number of methoxy groups -OCH3 is 1. The van der Waals surface area contributed by atoms with Crippen molar-refractivity contribution in [3.8, 4) is 5.75 Å². The summed E-state index contributed by atoms with van der Waals surface area (Å²) in [5.74, 6) is 1.27. The molecular weight excluding hydrogens is 254 g/mol. The highest BCUT2D eigenvalue weighted by Gasteiger charge is 2.30. The molecule has 0 spiro atoms. The van der Waals surface area contributed by atoms with E-state index < -0.39 is 0 Å². The number of nitrogens with one attached hydrogen (secondary N) is 1. The molecule has 1 aliphatic carbocycles. The van der Waals surface area contributed by atoms with Crippen LogP contribution < -0.4 is 15.8 Å². The summed E-state index contributed by atoms with van der Waals surface area (Å²) in [6.07, 6.45) is 2.50. The van der Waals surface area contributed by atoms with E-state index in [9.17, 15) is 0 Å². The van der Waals surface area contributed by atoms with Crippen molar-refractivity contribution in [1.82, 2.24) is 0 Å². The van der Waals surface area contributed by atoms with Gasteiger partial charge >= 0.3 is 0 Å². The average molecular weight is 277 g/mol. The first-order chi connectivity index (χ1) is 9.56. The quantitative estimate of drug-likeness (QED) is 0.640. The molecular formula is C15H23N3O2. The third kappa shape index (κ3) is 4.13. The van der Waals surface area contributed by atoms with E-state index in [-0.39, 0.29) is 12.1 Å². The van der Waals surface area contributed by atoms with Gasteiger partial charge in [-0.25, -0.2) is 4.99 Å². The van der Waals surface area contributed by atoms with Gasteiger partial charge in [-0.3, -0.25) is 0 Å². The second-order valence-corrected chi connectivity index (χ2v) is 5.30. The van der Waals surface area contributed by atoms with E-state index in [1.54, 1.807) is 7.11 Å². The van der Waals surface area contributed by atoms with Crippen LogP contribution in [0.2, 0.25) is 0 Å². The zero-order valence-corrected chi connectivity index (χ0v) is 12.3. The minimum absolute atomic E-state index is 0.268. The summed E-state index contributed by atoms with van der Waals surface area (Å²) in [4.78, 5) is 4.45. The Balaban J connectivity index is 1.80. The van der Waals surface area contributed by atoms with Crippen LogP contribution in [-0.2, 0) is 4.74 Å². The van der Waals surface area contributed by atoms with Gasteiger partial charge in [-0.15, -0.1) is 0 Å². The molecule has 1 saturated carbocycles. The standard InChI is InChI=1S/C15H23N3O2/c1-10(2)20-14-8-12(9-14)18-15(16)17-11-4-6-13(19-3)7-5-11/h4-7,10,12,14H,8-9H2,1-3H3,(H3,16,17,18). The first kappa shape index (κ1) is 14.7. The van der Waals surface area contributed by atoms with Crippen molar-refractivity contribution < 1.29 is 9.47 Å². The van der Waals surface area contributed by atoms with Gasteiger partial charge in [0.2, 0.25) is 0 Å². The SMILES string of the molecule is COc1ccc(NC(N)=NC2CC(OC(C)C)C2)cc1. The molecule has 0 amide bonds. The van der Waals surface area contributed by atoms with Gasteiger partial charge in [0.15, 0.2) is 5.96 Å². The molecule has 1 fully saturated rings. The average Bonchev–Trinajstić information content (AvgIpc) is 2.36. The summed E-state index contributed by atoms with van der Waals surface area (Å²) in [6.45, 7) is 4.10. The number of nitrogens with two attached hydrogens (primary N) is 1. The second kappa shape index (κ2) is 6.61. The molecule has 0 radical (unpaired) electrons. The fraction of sp³-hybridized carbons (Fsp3) is 0.533. The Bertz CT molecular complexity index is 451. The minimum atomic E-state index is 0.268. The van der Waals surface area contributed by atoms with E-state index in [0.29, 0.717) is 12.1 Å². The van der Waals surface area contributed by atoms with Crippen molar-refractivity contribution in [2.75, 3.05) is 12.4 Å². The van der Waals surface area contributed by atoms with Gasteiger partial charge in [-0.1, -0.05) is 0 Å². The Morgan fingerprint density at radius 3 is 2.50 bits per heavy atom. The molecule has 3 N–H and O–H groups in total. The maximum atomic E-state index is 5.90. The lowest BCUT2D eigenvalue weighted by Gasteiger charge is -2.33. The summed E-state index contributed by atoms with van der Waals surface area (Å²) < 4.78 is 10.8. The van der Waals surface area contributed by atoms with E-state index >= 15 is 0 Å². The molecule has 1 aromatic rings. The molecule has 0 saturated heterocycles. The molecule has 0 bridgehead atoms. The highest BCUT2D eigenvalue weighted by molar-refractivity contribution is 5.92. The Kier molecular flexibility index (Phi) is 4.84. The number of benzene rings is 1. The molecule has 0 unspecified atom stereocenters. The smallest absolute Gasteiger partial charge is 0.193 e. The molecule has 2 rings (SSSR count). The van der Waals surface area contributed by atoms with Crippen LogP contribution in [0.5, 0.6) is 5.75 Å². The van der Waals surface area contributed by atoms with Crippen LogP contribution in [0.1, 0.15) is 26.7 Å². The Labute approximate surface area is 120 Å². The highest BCUT2D eigenvalue weighted by atomic mass is 16.5. The summed E-state index contributed by atoms with van der Waals surface area (Å²) in [5, 5.41) is 3.08. The van der Waals surface area contributed by atoms with Crippen molar-refractivity contribution in [3.05, 3.63) is 24.3 Å². The fourth-order valence-corrected chi connectivity index (χ4v) is 2.19. The molecule has 0 aromatic heterocycles. The number of nitrogens with zero attached hydrogens (tertiary/aromatic N) is 1. The van der Waals surface area contributed by atoms with E-state index in [4.69, 9.17) is 15.2 Å². The first-order valence-corrected chi connectivity index (χ1v) is 6.96. The van der Waals surface area contributed by atoms with Gasteiger partial charge in [0.05, 0.1) is 25.4 Å². The van der Waals surface area contributed by atoms with Crippen LogP contribution in [0, 0.1) is 0 Å². The normalized spacial score (nSPS) is 22.5. The van der Waals surface area contributed by atoms with E-state index in [0.717, 1.165) is 24.3 Å². The Morgan fingerprint density at radius 1 is 1.30 bits per heavy atom. The number of rotatable bonds is 5. The molecule has 5 heteroatoms. The van der Waals surface area contributed by atoms with Crippen LogP contribution in [0.3, 0.4) is 0 Å². The summed E-state index contributed by atoms with van der Waals surface area (Å²) >= 11 is 0. The lowest BCUT2D eigenvalue weighted by Crippen LogP contribution is -2.38. The summed E-state index contributed by atoms with van der Waals surface area (Å²) in [7, 11) is 1.64. The molecule has 0 aliphatic heterocycles. The van der Waals surface area contributed by atoms with Crippen molar-refractivity contribution in [2.24, 2.45) is 10.7 Å².